The van der Waals surface area contributed by atoms with Crippen LogP contribution in [0.5, 0.6) is 5.75 Å². The lowest BCUT2D eigenvalue weighted by atomic mass is 9.99. The van der Waals surface area contributed by atoms with E-state index in [1.54, 1.807) is 6.20 Å². The van der Waals surface area contributed by atoms with Gasteiger partial charge in [-0.2, -0.15) is 0 Å². The zero-order valence-corrected chi connectivity index (χ0v) is 15.6. The molecule has 1 saturated heterocycles. The lowest BCUT2D eigenvalue weighted by Crippen LogP contribution is -2.38. The summed E-state index contributed by atoms with van der Waals surface area (Å²) in [5.74, 6) is 3.16. The number of hydrogen-bond acceptors (Lipinski definition) is 5. The van der Waals surface area contributed by atoms with Crippen LogP contribution in [-0.2, 0) is 0 Å². The molecule has 2 aromatic heterocycles. The zero-order valence-electron chi connectivity index (χ0n) is 15.6. The Morgan fingerprint density at radius 1 is 1.11 bits per heavy atom. The molecule has 0 spiro atoms. The number of ether oxygens (including phenoxy) is 1. The summed E-state index contributed by atoms with van der Waals surface area (Å²) in [5, 5.41) is 0. The SMILES string of the molecule is Cc1cc(N2CCCC(COc3ccccc3)C2)nc(-c2cccnc2)n1. The summed E-state index contributed by atoms with van der Waals surface area (Å²) in [7, 11) is 0. The van der Waals surface area contributed by atoms with Crippen LogP contribution < -0.4 is 9.64 Å². The van der Waals surface area contributed by atoms with Gasteiger partial charge in [0.15, 0.2) is 5.82 Å². The normalized spacial score (nSPS) is 16.9. The molecule has 138 valence electrons. The third-order valence-electron chi connectivity index (χ3n) is 4.83. The number of aromatic nitrogens is 3. The van der Waals surface area contributed by atoms with Crippen molar-refractivity contribution in [2.24, 2.45) is 5.92 Å². The smallest absolute Gasteiger partial charge is 0.163 e. The highest BCUT2D eigenvalue weighted by Crippen LogP contribution is 2.25. The second-order valence-electron chi connectivity index (χ2n) is 7.01. The number of aryl methyl sites for hydroxylation is 1. The van der Waals surface area contributed by atoms with E-state index in [0.717, 1.165) is 54.8 Å². The number of pyridine rings is 1. The van der Waals surface area contributed by atoms with E-state index >= 15 is 0 Å². The molecule has 5 nitrogen and oxygen atoms in total. The molecule has 1 unspecified atom stereocenters. The van der Waals surface area contributed by atoms with Crippen LogP contribution in [-0.4, -0.2) is 34.6 Å². The van der Waals surface area contributed by atoms with Gasteiger partial charge in [0.1, 0.15) is 11.6 Å². The predicted octanol–water partition coefficient (Wildman–Crippen LogP) is 4.14. The van der Waals surface area contributed by atoms with Gasteiger partial charge in [-0.1, -0.05) is 18.2 Å². The van der Waals surface area contributed by atoms with Crippen LogP contribution in [0.25, 0.3) is 11.4 Å². The standard InChI is InChI=1S/C22H24N4O/c1-17-13-21(25-22(24-17)19-8-5-11-23-14-19)26-12-6-7-18(15-26)16-27-20-9-3-2-4-10-20/h2-5,8-11,13-14,18H,6-7,12,15-16H2,1H3. The number of rotatable bonds is 5. The first kappa shape index (κ1) is 17.5. The lowest BCUT2D eigenvalue weighted by molar-refractivity contribution is 0.228. The van der Waals surface area contributed by atoms with Crippen molar-refractivity contribution in [1.82, 2.24) is 15.0 Å². The number of anilines is 1. The topological polar surface area (TPSA) is 51.1 Å². The predicted molar refractivity (Wildman–Crippen MR) is 107 cm³/mol. The second-order valence-corrected chi connectivity index (χ2v) is 7.01. The van der Waals surface area contributed by atoms with E-state index in [2.05, 4.69) is 20.9 Å². The summed E-state index contributed by atoms with van der Waals surface area (Å²) < 4.78 is 5.98. The molecule has 1 aliphatic heterocycles. The maximum absolute atomic E-state index is 5.98. The summed E-state index contributed by atoms with van der Waals surface area (Å²) in [4.78, 5) is 16.0. The van der Waals surface area contributed by atoms with Gasteiger partial charge in [0, 0.05) is 48.7 Å². The maximum Gasteiger partial charge on any atom is 0.163 e. The van der Waals surface area contributed by atoms with Crippen molar-refractivity contribution in [2.75, 3.05) is 24.6 Å². The monoisotopic (exact) mass is 360 g/mol. The van der Waals surface area contributed by atoms with E-state index in [1.807, 2.05) is 55.6 Å². The molecule has 5 heteroatoms. The molecular formula is C22H24N4O. The molecule has 1 atom stereocenters. The third-order valence-corrected chi connectivity index (χ3v) is 4.83. The molecule has 0 bridgehead atoms. The van der Waals surface area contributed by atoms with Crippen molar-refractivity contribution in [3.8, 4) is 17.1 Å². The van der Waals surface area contributed by atoms with Gasteiger partial charge in [-0.15, -0.1) is 0 Å². The van der Waals surface area contributed by atoms with E-state index in [1.165, 1.54) is 6.42 Å². The first-order chi connectivity index (χ1) is 13.3. The van der Waals surface area contributed by atoms with Crippen LogP contribution in [0.1, 0.15) is 18.5 Å². The Kier molecular flexibility index (Phi) is 5.28. The third kappa shape index (κ3) is 4.42. The average molecular weight is 360 g/mol. The molecular weight excluding hydrogens is 336 g/mol. The lowest BCUT2D eigenvalue weighted by Gasteiger charge is -2.33. The highest BCUT2D eigenvalue weighted by atomic mass is 16.5. The number of hydrogen-bond donors (Lipinski definition) is 0. The molecule has 3 heterocycles. The van der Waals surface area contributed by atoms with Crippen molar-refractivity contribution in [2.45, 2.75) is 19.8 Å². The van der Waals surface area contributed by atoms with Crippen molar-refractivity contribution in [1.29, 1.82) is 0 Å². The summed E-state index contributed by atoms with van der Waals surface area (Å²) in [6, 6.07) is 16.0. The summed E-state index contributed by atoms with van der Waals surface area (Å²) in [6.07, 6.45) is 5.91. The molecule has 0 aliphatic carbocycles. The highest BCUT2D eigenvalue weighted by Gasteiger charge is 2.22. The van der Waals surface area contributed by atoms with Crippen molar-refractivity contribution >= 4 is 5.82 Å². The Labute approximate surface area is 160 Å². The van der Waals surface area contributed by atoms with Gasteiger partial charge in [-0.05, 0) is 44.0 Å². The molecule has 0 amide bonds. The quantitative estimate of drug-likeness (QED) is 0.684. The molecule has 1 aliphatic rings. The first-order valence-corrected chi connectivity index (χ1v) is 9.47. The Balaban J connectivity index is 1.47. The molecule has 0 N–H and O–H groups in total. The van der Waals surface area contributed by atoms with Gasteiger partial charge in [0.2, 0.25) is 0 Å². The van der Waals surface area contributed by atoms with Gasteiger partial charge < -0.3 is 9.64 Å². The van der Waals surface area contributed by atoms with E-state index < -0.39 is 0 Å². The minimum absolute atomic E-state index is 0.496. The minimum Gasteiger partial charge on any atom is -0.493 e. The van der Waals surface area contributed by atoms with Crippen LogP contribution in [0.3, 0.4) is 0 Å². The molecule has 0 radical (unpaired) electrons. The molecule has 3 aromatic rings. The van der Waals surface area contributed by atoms with Crippen molar-refractivity contribution < 1.29 is 4.74 Å². The van der Waals surface area contributed by atoms with Crippen molar-refractivity contribution in [3.05, 3.63) is 66.6 Å². The molecule has 27 heavy (non-hydrogen) atoms. The van der Waals surface area contributed by atoms with Gasteiger partial charge in [0.05, 0.1) is 6.61 Å². The minimum atomic E-state index is 0.496. The molecule has 1 aromatic carbocycles. The Bertz CT molecular complexity index is 870. The molecule has 4 rings (SSSR count). The average Bonchev–Trinajstić information content (AvgIpc) is 2.73. The van der Waals surface area contributed by atoms with Gasteiger partial charge in [-0.3, -0.25) is 4.98 Å². The summed E-state index contributed by atoms with van der Waals surface area (Å²) in [6.45, 7) is 4.73. The van der Waals surface area contributed by atoms with E-state index in [9.17, 15) is 0 Å². The summed E-state index contributed by atoms with van der Waals surface area (Å²) >= 11 is 0. The van der Waals surface area contributed by atoms with Crippen LogP contribution in [0.2, 0.25) is 0 Å². The van der Waals surface area contributed by atoms with E-state index in [0.29, 0.717) is 5.92 Å². The largest absolute Gasteiger partial charge is 0.493 e. The fraction of sp³-hybridized carbons (Fsp3) is 0.318. The fourth-order valence-electron chi connectivity index (χ4n) is 3.48. The Hall–Kier alpha value is -2.95. The number of benzene rings is 1. The second kappa shape index (κ2) is 8.16. The number of piperidine rings is 1. The molecule has 0 saturated carbocycles. The van der Waals surface area contributed by atoms with Crippen LogP contribution in [0.15, 0.2) is 60.9 Å². The number of nitrogens with zero attached hydrogens (tertiary/aromatic N) is 4. The first-order valence-electron chi connectivity index (χ1n) is 9.47. The van der Waals surface area contributed by atoms with Gasteiger partial charge in [-0.25, -0.2) is 9.97 Å². The van der Waals surface area contributed by atoms with Crippen LogP contribution in [0.4, 0.5) is 5.82 Å². The van der Waals surface area contributed by atoms with Crippen LogP contribution in [0, 0.1) is 12.8 Å². The van der Waals surface area contributed by atoms with E-state index in [-0.39, 0.29) is 0 Å². The highest BCUT2D eigenvalue weighted by molar-refractivity contribution is 5.56. The molecule has 1 fully saturated rings. The fourth-order valence-corrected chi connectivity index (χ4v) is 3.48. The summed E-state index contributed by atoms with van der Waals surface area (Å²) in [5.41, 5.74) is 1.92. The van der Waals surface area contributed by atoms with E-state index in [4.69, 9.17) is 9.72 Å². The van der Waals surface area contributed by atoms with Crippen LogP contribution >= 0.6 is 0 Å². The maximum atomic E-state index is 5.98. The van der Waals surface area contributed by atoms with Gasteiger partial charge in [0.25, 0.3) is 0 Å². The van der Waals surface area contributed by atoms with Crippen molar-refractivity contribution in [3.63, 3.8) is 0 Å². The zero-order chi connectivity index (χ0) is 18.5. The Morgan fingerprint density at radius 3 is 2.81 bits per heavy atom. The van der Waals surface area contributed by atoms with Gasteiger partial charge >= 0.3 is 0 Å². The number of para-hydroxylation sites is 1. The Morgan fingerprint density at radius 2 is 2.00 bits per heavy atom.